The smallest absolute Gasteiger partial charge is 0.116 e. The molecule has 0 heterocycles. The molecule has 0 aromatic rings. The minimum Gasteiger partial charge on any atom is -0.337 e. The Balaban J connectivity index is 3.28. The molecule has 1 nitrogen and oxygen atoms in total. The molecule has 0 aromatic heterocycles. The van der Waals surface area contributed by atoms with Gasteiger partial charge in [0.1, 0.15) is 8.24 Å². The molecule has 0 aliphatic carbocycles. The first-order valence-electron chi connectivity index (χ1n) is 3.67. The third kappa shape index (κ3) is 8.18. The number of hydrogen-bond acceptors (Lipinski definition) is 1. The number of nitrogens with one attached hydrogen (secondary N) is 1. The highest BCUT2D eigenvalue weighted by Crippen LogP contribution is 1.96. The number of hydrogen-bond donors (Lipinski definition) is 1. The van der Waals surface area contributed by atoms with Gasteiger partial charge in [0.15, 0.2) is 0 Å². The summed E-state index contributed by atoms with van der Waals surface area (Å²) in [6, 6.07) is 0. The van der Waals surface area contributed by atoms with Crippen LogP contribution in [-0.4, -0.2) is 14.8 Å². The summed E-state index contributed by atoms with van der Waals surface area (Å²) in [5.74, 6) is 0.789. The molecule has 0 rings (SSSR count). The number of rotatable bonds is 3. The minimum absolute atomic E-state index is 0.789. The van der Waals surface area contributed by atoms with E-state index in [0.29, 0.717) is 0 Å². The van der Waals surface area contributed by atoms with Gasteiger partial charge in [0, 0.05) is 0 Å². The lowest BCUT2D eigenvalue weighted by atomic mass is 10.2. The molecule has 0 fully saturated rings. The van der Waals surface area contributed by atoms with E-state index in [2.05, 4.69) is 38.5 Å². The van der Waals surface area contributed by atoms with Crippen LogP contribution in [-0.2, 0) is 0 Å². The van der Waals surface area contributed by atoms with Gasteiger partial charge in [-0.2, -0.15) is 0 Å². The fourth-order valence-electron chi connectivity index (χ4n) is 0.510. The summed E-state index contributed by atoms with van der Waals surface area (Å²) in [4.78, 5) is 3.56. The summed E-state index contributed by atoms with van der Waals surface area (Å²) in [5, 5.41) is 0. The van der Waals surface area contributed by atoms with Crippen LogP contribution in [0.2, 0.25) is 19.6 Å². The van der Waals surface area contributed by atoms with Crippen LogP contribution in [0.3, 0.4) is 0 Å². The van der Waals surface area contributed by atoms with Crippen LogP contribution in [0.15, 0.2) is 0 Å². The molecule has 0 unspecified atom stereocenters. The van der Waals surface area contributed by atoms with Crippen molar-refractivity contribution in [2.75, 3.05) is 6.54 Å². The molecule has 0 bridgehead atoms. The molecular formula is C7H19NSi. The van der Waals surface area contributed by atoms with Crippen molar-refractivity contribution in [1.29, 1.82) is 0 Å². The lowest BCUT2D eigenvalue weighted by Crippen LogP contribution is -2.43. The van der Waals surface area contributed by atoms with Crippen LogP contribution in [0.5, 0.6) is 0 Å². The summed E-state index contributed by atoms with van der Waals surface area (Å²) in [6.07, 6.45) is 0. The molecule has 0 aromatic carbocycles. The van der Waals surface area contributed by atoms with Crippen LogP contribution in [0.4, 0.5) is 0 Å². The minimum atomic E-state index is -0.970. The van der Waals surface area contributed by atoms with Crippen LogP contribution in [0.25, 0.3) is 0 Å². The van der Waals surface area contributed by atoms with E-state index in [1.807, 2.05) is 0 Å². The Kier molecular flexibility index (Phi) is 3.44. The van der Waals surface area contributed by atoms with Gasteiger partial charge in [-0.3, -0.25) is 0 Å². The molecule has 0 saturated heterocycles. The zero-order valence-corrected chi connectivity index (χ0v) is 8.28. The Morgan fingerprint density at radius 3 is 1.78 bits per heavy atom. The molecule has 0 saturated carbocycles. The van der Waals surface area contributed by atoms with E-state index < -0.39 is 8.24 Å². The van der Waals surface area contributed by atoms with Gasteiger partial charge < -0.3 is 4.98 Å². The molecule has 0 aliphatic heterocycles. The summed E-state index contributed by atoms with van der Waals surface area (Å²) in [7, 11) is -0.970. The van der Waals surface area contributed by atoms with Crippen LogP contribution >= 0.6 is 0 Å². The zero-order valence-electron chi connectivity index (χ0n) is 7.28. The van der Waals surface area contributed by atoms with Crippen molar-refractivity contribution in [3.05, 3.63) is 0 Å². The van der Waals surface area contributed by atoms with E-state index in [0.717, 1.165) is 5.92 Å². The van der Waals surface area contributed by atoms with Crippen LogP contribution in [0.1, 0.15) is 13.8 Å². The molecule has 9 heavy (non-hydrogen) atoms. The fraction of sp³-hybridized carbons (Fsp3) is 1.00. The summed E-state index contributed by atoms with van der Waals surface area (Å²) < 4.78 is 0. The topological polar surface area (TPSA) is 12.0 Å². The Hall–Kier alpha value is 0.177. The summed E-state index contributed by atoms with van der Waals surface area (Å²) in [5.41, 5.74) is 0. The quantitative estimate of drug-likeness (QED) is 0.599. The molecule has 0 aliphatic rings. The average molecular weight is 145 g/mol. The largest absolute Gasteiger partial charge is 0.337 e. The Morgan fingerprint density at radius 1 is 1.22 bits per heavy atom. The molecule has 56 valence electrons. The molecule has 1 N–H and O–H groups in total. The van der Waals surface area contributed by atoms with Gasteiger partial charge in [-0.15, -0.1) is 0 Å². The third-order valence-corrected chi connectivity index (χ3v) is 2.31. The predicted octanol–water partition coefficient (Wildman–Crippen LogP) is 2.07. The SMILES string of the molecule is CC(C)CN[Si](C)(C)C. The first-order valence-corrected chi connectivity index (χ1v) is 7.17. The van der Waals surface area contributed by atoms with Crippen molar-refractivity contribution in [3.63, 3.8) is 0 Å². The highest BCUT2D eigenvalue weighted by molar-refractivity contribution is 6.73. The van der Waals surface area contributed by atoms with Gasteiger partial charge in [-0.1, -0.05) is 33.5 Å². The monoisotopic (exact) mass is 145 g/mol. The maximum Gasteiger partial charge on any atom is 0.116 e. The second kappa shape index (κ2) is 3.37. The van der Waals surface area contributed by atoms with Crippen molar-refractivity contribution in [3.8, 4) is 0 Å². The zero-order chi connectivity index (χ0) is 7.49. The third-order valence-electron chi connectivity index (χ3n) is 1.04. The normalized spacial score (nSPS) is 12.7. The highest BCUT2D eigenvalue weighted by Gasteiger charge is 2.11. The second-order valence-corrected chi connectivity index (χ2v) is 8.88. The van der Waals surface area contributed by atoms with Crippen molar-refractivity contribution in [2.45, 2.75) is 33.5 Å². The van der Waals surface area contributed by atoms with Gasteiger partial charge in [0.25, 0.3) is 0 Å². The first kappa shape index (κ1) is 9.18. The van der Waals surface area contributed by atoms with E-state index in [1.165, 1.54) is 6.54 Å². The first-order chi connectivity index (χ1) is 3.92. The van der Waals surface area contributed by atoms with Crippen molar-refractivity contribution < 1.29 is 0 Å². The predicted molar refractivity (Wildman–Crippen MR) is 46.2 cm³/mol. The van der Waals surface area contributed by atoms with Gasteiger partial charge in [0.05, 0.1) is 0 Å². The lowest BCUT2D eigenvalue weighted by Gasteiger charge is -2.19. The van der Waals surface area contributed by atoms with Gasteiger partial charge in [-0.05, 0) is 12.5 Å². The van der Waals surface area contributed by atoms with E-state index in [1.54, 1.807) is 0 Å². The van der Waals surface area contributed by atoms with E-state index in [-0.39, 0.29) is 0 Å². The van der Waals surface area contributed by atoms with E-state index >= 15 is 0 Å². The van der Waals surface area contributed by atoms with Crippen molar-refractivity contribution in [2.24, 2.45) is 5.92 Å². The maximum atomic E-state index is 3.56. The van der Waals surface area contributed by atoms with Crippen molar-refractivity contribution >= 4 is 8.24 Å². The molecule has 0 spiro atoms. The maximum absolute atomic E-state index is 3.56. The van der Waals surface area contributed by atoms with Crippen molar-refractivity contribution in [1.82, 2.24) is 4.98 Å². The standard InChI is InChI=1S/C7H19NSi/c1-7(2)6-8-9(3,4)5/h7-8H,6H2,1-5H3. The Morgan fingerprint density at radius 2 is 1.67 bits per heavy atom. The highest BCUT2D eigenvalue weighted by atomic mass is 28.3. The van der Waals surface area contributed by atoms with E-state index in [4.69, 9.17) is 0 Å². The Bertz CT molecular complexity index is 73.5. The molecule has 0 atom stereocenters. The lowest BCUT2D eigenvalue weighted by molar-refractivity contribution is 0.626. The van der Waals surface area contributed by atoms with E-state index in [9.17, 15) is 0 Å². The van der Waals surface area contributed by atoms with Crippen LogP contribution in [0, 0.1) is 5.92 Å². The summed E-state index contributed by atoms with van der Waals surface area (Å²) >= 11 is 0. The van der Waals surface area contributed by atoms with Gasteiger partial charge in [-0.25, -0.2) is 0 Å². The molecule has 2 heteroatoms. The molecule has 0 radical (unpaired) electrons. The molecule has 0 amide bonds. The average Bonchev–Trinajstić information content (AvgIpc) is 1.59. The molecular weight excluding hydrogens is 126 g/mol. The fourth-order valence-corrected chi connectivity index (χ4v) is 1.53. The van der Waals surface area contributed by atoms with Gasteiger partial charge in [0.2, 0.25) is 0 Å². The second-order valence-electron chi connectivity index (χ2n) is 4.02. The Labute approximate surface area is 59.9 Å². The van der Waals surface area contributed by atoms with Gasteiger partial charge >= 0.3 is 0 Å². The van der Waals surface area contributed by atoms with Crippen LogP contribution < -0.4 is 4.98 Å². The summed E-state index contributed by atoms with van der Waals surface area (Å²) in [6.45, 7) is 12.6.